The van der Waals surface area contributed by atoms with Crippen LogP contribution in [-0.2, 0) is 13.0 Å². The lowest BCUT2D eigenvalue weighted by Crippen LogP contribution is -2.40. The SMILES string of the molecule is COc1ccc(CCN2CCC[C@@H](CN(C)Cc3ccc(OC)c(OC)c3Cl)C2)cc1. The number of hydrogen-bond donors (Lipinski definition) is 0. The van der Waals surface area contributed by atoms with Crippen molar-refractivity contribution >= 4 is 11.6 Å². The molecule has 1 fully saturated rings. The maximum atomic E-state index is 6.57. The van der Waals surface area contributed by atoms with Crippen molar-refractivity contribution in [1.82, 2.24) is 9.80 Å². The fourth-order valence-corrected chi connectivity index (χ4v) is 4.72. The first-order valence-corrected chi connectivity index (χ1v) is 11.3. The molecule has 0 unspecified atom stereocenters. The van der Waals surface area contributed by atoms with E-state index in [1.165, 1.54) is 24.9 Å². The Morgan fingerprint density at radius 1 is 1.03 bits per heavy atom. The Kier molecular flexibility index (Phi) is 8.88. The first-order chi connectivity index (χ1) is 15.0. The Balaban J connectivity index is 1.50. The van der Waals surface area contributed by atoms with Gasteiger partial charge in [-0.2, -0.15) is 0 Å². The van der Waals surface area contributed by atoms with Gasteiger partial charge in [0.05, 0.1) is 26.4 Å². The van der Waals surface area contributed by atoms with E-state index < -0.39 is 0 Å². The number of hydrogen-bond acceptors (Lipinski definition) is 5. The number of nitrogens with zero attached hydrogens (tertiary/aromatic N) is 2. The molecule has 2 aromatic rings. The smallest absolute Gasteiger partial charge is 0.179 e. The molecule has 0 saturated carbocycles. The van der Waals surface area contributed by atoms with Crippen molar-refractivity contribution < 1.29 is 14.2 Å². The van der Waals surface area contributed by atoms with Crippen LogP contribution in [0.2, 0.25) is 5.02 Å². The number of likely N-dealkylation sites (tertiary alicyclic amines) is 1. The third-order valence-corrected chi connectivity index (χ3v) is 6.47. The minimum absolute atomic E-state index is 0.609. The zero-order chi connectivity index (χ0) is 22.2. The quantitative estimate of drug-likeness (QED) is 0.526. The fourth-order valence-electron chi connectivity index (χ4n) is 4.43. The van der Waals surface area contributed by atoms with Crippen LogP contribution in [0.5, 0.6) is 17.2 Å². The number of piperidine rings is 1. The second-order valence-electron chi connectivity index (χ2n) is 8.38. The zero-order valence-electron chi connectivity index (χ0n) is 19.2. The van der Waals surface area contributed by atoms with Crippen LogP contribution in [0.25, 0.3) is 0 Å². The van der Waals surface area contributed by atoms with Crippen LogP contribution in [0.4, 0.5) is 0 Å². The van der Waals surface area contributed by atoms with Crippen LogP contribution in [0.15, 0.2) is 36.4 Å². The van der Waals surface area contributed by atoms with Crippen LogP contribution in [0.1, 0.15) is 24.0 Å². The highest BCUT2D eigenvalue weighted by molar-refractivity contribution is 6.33. The summed E-state index contributed by atoms with van der Waals surface area (Å²) in [5.74, 6) is 2.86. The molecule has 0 aliphatic carbocycles. The van der Waals surface area contributed by atoms with Gasteiger partial charge in [-0.3, -0.25) is 0 Å². The van der Waals surface area contributed by atoms with E-state index in [9.17, 15) is 0 Å². The van der Waals surface area contributed by atoms with Gasteiger partial charge in [-0.05, 0) is 68.1 Å². The van der Waals surface area contributed by atoms with E-state index in [-0.39, 0.29) is 0 Å². The number of benzene rings is 2. The predicted molar refractivity (Wildman–Crippen MR) is 127 cm³/mol. The van der Waals surface area contributed by atoms with Crippen molar-refractivity contribution in [2.45, 2.75) is 25.8 Å². The summed E-state index contributed by atoms with van der Waals surface area (Å²) in [7, 11) is 7.13. The first kappa shape index (κ1) is 23.7. The molecule has 0 amide bonds. The van der Waals surface area contributed by atoms with Crippen LogP contribution >= 0.6 is 11.6 Å². The van der Waals surface area contributed by atoms with E-state index in [4.69, 9.17) is 25.8 Å². The third kappa shape index (κ3) is 6.52. The summed E-state index contributed by atoms with van der Waals surface area (Å²) in [6.07, 6.45) is 3.62. The summed E-state index contributed by atoms with van der Waals surface area (Å²) in [5, 5.41) is 0.637. The number of ether oxygens (including phenoxy) is 3. The molecular formula is C25H35ClN2O3. The van der Waals surface area contributed by atoms with Crippen LogP contribution in [0.3, 0.4) is 0 Å². The Morgan fingerprint density at radius 3 is 2.48 bits per heavy atom. The molecule has 1 aliphatic heterocycles. The van der Waals surface area contributed by atoms with Gasteiger partial charge in [0.25, 0.3) is 0 Å². The van der Waals surface area contributed by atoms with Crippen molar-refractivity contribution in [2.75, 3.05) is 54.6 Å². The Hall–Kier alpha value is -1.95. The minimum atomic E-state index is 0.609. The summed E-state index contributed by atoms with van der Waals surface area (Å²) in [6.45, 7) is 5.30. The summed E-state index contributed by atoms with van der Waals surface area (Å²) in [6, 6.07) is 12.4. The van der Waals surface area contributed by atoms with E-state index in [0.29, 0.717) is 22.4 Å². The Bertz CT molecular complexity index is 828. The van der Waals surface area contributed by atoms with Gasteiger partial charge in [0.15, 0.2) is 11.5 Å². The molecule has 1 heterocycles. The van der Waals surface area contributed by atoms with Gasteiger partial charge in [0.1, 0.15) is 5.75 Å². The molecule has 1 aliphatic rings. The second-order valence-corrected chi connectivity index (χ2v) is 8.76. The van der Waals surface area contributed by atoms with Crippen molar-refractivity contribution in [3.8, 4) is 17.2 Å². The lowest BCUT2D eigenvalue weighted by atomic mass is 9.97. The largest absolute Gasteiger partial charge is 0.497 e. The Morgan fingerprint density at radius 2 is 1.81 bits per heavy atom. The minimum Gasteiger partial charge on any atom is -0.497 e. The fraction of sp³-hybridized carbons (Fsp3) is 0.520. The molecule has 3 rings (SSSR count). The molecule has 5 nitrogen and oxygen atoms in total. The van der Waals surface area contributed by atoms with Gasteiger partial charge in [-0.15, -0.1) is 0 Å². The lowest BCUT2D eigenvalue weighted by Gasteiger charge is -2.35. The molecule has 1 atom stereocenters. The molecular weight excluding hydrogens is 412 g/mol. The highest BCUT2D eigenvalue weighted by atomic mass is 35.5. The van der Waals surface area contributed by atoms with Gasteiger partial charge < -0.3 is 24.0 Å². The van der Waals surface area contributed by atoms with Crippen LogP contribution in [-0.4, -0.2) is 64.4 Å². The van der Waals surface area contributed by atoms with E-state index in [1.807, 2.05) is 24.3 Å². The van der Waals surface area contributed by atoms with Crippen LogP contribution in [0, 0.1) is 5.92 Å². The Labute approximate surface area is 191 Å². The molecule has 0 bridgehead atoms. The number of halogens is 1. The van der Waals surface area contributed by atoms with Gasteiger partial charge in [-0.25, -0.2) is 0 Å². The molecule has 1 saturated heterocycles. The standard InChI is InChI=1S/C25H35ClN2O3/c1-27(18-21-9-12-23(30-3)25(31-4)24(21)26)16-20-6-5-14-28(17-20)15-13-19-7-10-22(29-2)11-8-19/h7-12,20H,5-6,13-18H2,1-4H3/t20-/m0/s1. The predicted octanol–water partition coefficient (Wildman–Crippen LogP) is 4.75. The third-order valence-electron chi connectivity index (χ3n) is 6.05. The zero-order valence-corrected chi connectivity index (χ0v) is 20.0. The number of methoxy groups -OCH3 is 3. The molecule has 0 aromatic heterocycles. The molecule has 0 spiro atoms. The van der Waals surface area contributed by atoms with Crippen LogP contribution < -0.4 is 14.2 Å². The lowest BCUT2D eigenvalue weighted by molar-refractivity contribution is 0.142. The summed E-state index contributed by atoms with van der Waals surface area (Å²) >= 11 is 6.57. The molecule has 31 heavy (non-hydrogen) atoms. The van der Waals surface area contributed by atoms with E-state index >= 15 is 0 Å². The van der Waals surface area contributed by atoms with Gasteiger partial charge in [0, 0.05) is 26.2 Å². The van der Waals surface area contributed by atoms with Gasteiger partial charge >= 0.3 is 0 Å². The van der Waals surface area contributed by atoms with E-state index in [2.05, 4.69) is 29.0 Å². The van der Waals surface area contributed by atoms with Crippen molar-refractivity contribution in [3.05, 3.63) is 52.5 Å². The van der Waals surface area contributed by atoms with Gasteiger partial charge in [0.2, 0.25) is 0 Å². The average molecular weight is 447 g/mol. The highest BCUT2D eigenvalue weighted by Crippen LogP contribution is 2.37. The first-order valence-electron chi connectivity index (χ1n) is 11.0. The molecule has 2 aromatic carbocycles. The molecule has 170 valence electrons. The molecule has 0 N–H and O–H groups in total. The van der Waals surface area contributed by atoms with Gasteiger partial charge in [-0.1, -0.05) is 29.8 Å². The summed E-state index contributed by atoms with van der Waals surface area (Å²) in [5.41, 5.74) is 2.43. The maximum absolute atomic E-state index is 6.57. The summed E-state index contributed by atoms with van der Waals surface area (Å²) < 4.78 is 16.0. The monoisotopic (exact) mass is 446 g/mol. The normalized spacial score (nSPS) is 17.0. The van der Waals surface area contributed by atoms with Crippen molar-refractivity contribution in [1.29, 1.82) is 0 Å². The highest BCUT2D eigenvalue weighted by Gasteiger charge is 2.22. The van der Waals surface area contributed by atoms with Crippen molar-refractivity contribution in [3.63, 3.8) is 0 Å². The molecule has 6 heteroatoms. The average Bonchev–Trinajstić information content (AvgIpc) is 2.79. The molecule has 0 radical (unpaired) electrons. The van der Waals surface area contributed by atoms with E-state index in [1.54, 1.807) is 21.3 Å². The summed E-state index contributed by atoms with van der Waals surface area (Å²) in [4.78, 5) is 4.97. The van der Waals surface area contributed by atoms with E-state index in [0.717, 1.165) is 43.9 Å². The number of rotatable bonds is 10. The second kappa shape index (κ2) is 11.6. The topological polar surface area (TPSA) is 34.2 Å². The van der Waals surface area contributed by atoms with Crippen molar-refractivity contribution in [2.24, 2.45) is 5.92 Å². The maximum Gasteiger partial charge on any atom is 0.179 e.